The second-order valence-corrected chi connectivity index (χ2v) is 7.47. The summed E-state index contributed by atoms with van der Waals surface area (Å²) in [6.45, 7) is 4.80. The summed E-state index contributed by atoms with van der Waals surface area (Å²) in [4.78, 5) is 27.9. The van der Waals surface area contributed by atoms with Gasteiger partial charge in [-0.3, -0.25) is 9.59 Å². The van der Waals surface area contributed by atoms with E-state index >= 15 is 0 Å². The maximum atomic E-state index is 13.3. The third kappa shape index (κ3) is 6.87. The number of para-hydroxylation sites is 1. The van der Waals surface area contributed by atoms with Gasteiger partial charge in [-0.05, 0) is 36.1 Å². The minimum Gasteiger partial charge on any atom is -0.355 e. The molecule has 4 heteroatoms. The van der Waals surface area contributed by atoms with Crippen molar-refractivity contribution in [1.29, 1.82) is 0 Å². The Labute approximate surface area is 181 Å². The van der Waals surface area contributed by atoms with Crippen molar-refractivity contribution in [2.45, 2.75) is 46.0 Å². The van der Waals surface area contributed by atoms with Crippen LogP contribution in [0.1, 0.15) is 51.5 Å². The number of nitrogens with zero attached hydrogens (tertiary/aromatic N) is 1. The van der Waals surface area contributed by atoms with Gasteiger partial charge < -0.3 is 10.2 Å². The maximum Gasteiger partial charge on any atom is 0.243 e. The normalized spacial score (nSPS) is 12.3. The van der Waals surface area contributed by atoms with Crippen molar-refractivity contribution < 1.29 is 9.59 Å². The van der Waals surface area contributed by atoms with E-state index in [1.165, 1.54) is 0 Å². The molecule has 1 atom stereocenters. The highest BCUT2D eigenvalue weighted by molar-refractivity contribution is 6.09. The van der Waals surface area contributed by atoms with Crippen LogP contribution < -0.4 is 10.2 Å². The van der Waals surface area contributed by atoms with Crippen molar-refractivity contribution >= 4 is 23.1 Å². The lowest BCUT2D eigenvalue weighted by atomic mass is 9.96. The Morgan fingerprint density at radius 2 is 1.57 bits per heavy atom. The number of amides is 2. The molecule has 2 amide bonds. The first-order valence-corrected chi connectivity index (χ1v) is 10.9. The average molecular weight is 407 g/mol. The molecule has 0 aliphatic rings. The Kier molecular flexibility index (Phi) is 9.85. The third-order valence-corrected chi connectivity index (χ3v) is 5.25. The van der Waals surface area contributed by atoms with Crippen LogP contribution in [0.25, 0.3) is 5.57 Å². The zero-order chi connectivity index (χ0) is 21.8. The number of carbonyl (C=O) groups is 2. The lowest BCUT2D eigenvalue weighted by molar-refractivity contribution is -0.131. The highest BCUT2D eigenvalue weighted by atomic mass is 16.2. The smallest absolute Gasteiger partial charge is 0.243 e. The molecule has 0 radical (unpaired) electrons. The van der Waals surface area contributed by atoms with Crippen molar-refractivity contribution in [2.75, 3.05) is 18.5 Å². The van der Waals surface area contributed by atoms with Crippen LogP contribution in [0.2, 0.25) is 0 Å². The number of nitrogens with one attached hydrogen (secondary N) is 1. The SMILES string of the molecule is CCCCCCNC(=O)C(/C=C(\CC)c1ccccc1)C(=O)N(C)c1ccccc1. The van der Waals surface area contributed by atoms with Crippen LogP contribution in [0, 0.1) is 5.92 Å². The zero-order valence-corrected chi connectivity index (χ0v) is 18.4. The number of carbonyl (C=O) groups excluding carboxylic acids is 2. The van der Waals surface area contributed by atoms with E-state index in [-0.39, 0.29) is 11.8 Å². The number of allylic oxidation sites excluding steroid dienone is 1. The van der Waals surface area contributed by atoms with Gasteiger partial charge in [0.05, 0.1) is 0 Å². The Hall–Kier alpha value is -2.88. The summed E-state index contributed by atoms with van der Waals surface area (Å²) in [6.07, 6.45) is 6.89. The lowest BCUT2D eigenvalue weighted by Crippen LogP contribution is -2.42. The molecule has 2 rings (SSSR count). The van der Waals surface area contributed by atoms with Gasteiger partial charge in [0.1, 0.15) is 5.92 Å². The second kappa shape index (κ2) is 12.6. The van der Waals surface area contributed by atoms with Crippen LogP contribution in [0.4, 0.5) is 5.69 Å². The third-order valence-electron chi connectivity index (χ3n) is 5.25. The molecule has 0 saturated carbocycles. The van der Waals surface area contributed by atoms with Gasteiger partial charge in [-0.2, -0.15) is 0 Å². The van der Waals surface area contributed by atoms with E-state index in [9.17, 15) is 9.59 Å². The summed E-state index contributed by atoms with van der Waals surface area (Å²) < 4.78 is 0. The van der Waals surface area contributed by atoms with Gasteiger partial charge in [0, 0.05) is 19.3 Å². The molecule has 0 aliphatic carbocycles. The first kappa shape index (κ1) is 23.4. The van der Waals surface area contributed by atoms with E-state index in [1.807, 2.05) is 73.7 Å². The number of rotatable bonds is 11. The van der Waals surface area contributed by atoms with Crippen molar-refractivity contribution in [2.24, 2.45) is 5.92 Å². The standard InChI is InChI=1S/C26H34N2O2/c1-4-6-7-14-19-27-25(29)24(20-21(5-2)22-15-10-8-11-16-22)26(30)28(3)23-17-12-9-13-18-23/h8-13,15-18,20,24H,4-7,14,19H2,1-3H3,(H,27,29)/b21-20+. The summed E-state index contributed by atoms with van der Waals surface area (Å²) in [7, 11) is 1.72. The maximum absolute atomic E-state index is 13.3. The lowest BCUT2D eigenvalue weighted by Gasteiger charge is -2.23. The fraction of sp³-hybridized carbons (Fsp3) is 0.385. The van der Waals surface area contributed by atoms with Gasteiger partial charge in [0.25, 0.3) is 0 Å². The van der Waals surface area contributed by atoms with Crippen molar-refractivity contribution in [3.8, 4) is 0 Å². The quantitative estimate of drug-likeness (QED) is 0.398. The summed E-state index contributed by atoms with van der Waals surface area (Å²) >= 11 is 0. The van der Waals surface area contributed by atoms with Gasteiger partial charge in [0.2, 0.25) is 11.8 Å². The van der Waals surface area contributed by atoms with Crippen molar-refractivity contribution in [3.05, 3.63) is 72.3 Å². The Bertz CT molecular complexity index is 815. The topological polar surface area (TPSA) is 49.4 Å². The molecule has 0 fully saturated rings. The number of benzene rings is 2. The fourth-order valence-corrected chi connectivity index (χ4v) is 3.39. The molecule has 1 unspecified atom stereocenters. The molecule has 0 bridgehead atoms. The van der Waals surface area contributed by atoms with Crippen LogP contribution in [-0.4, -0.2) is 25.4 Å². The monoisotopic (exact) mass is 406 g/mol. The van der Waals surface area contributed by atoms with E-state index in [2.05, 4.69) is 12.2 Å². The molecule has 0 spiro atoms. The molecule has 2 aromatic rings. The number of unbranched alkanes of at least 4 members (excludes halogenated alkanes) is 3. The molecule has 160 valence electrons. The molecule has 0 aliphatic heterocycles. The predicted octanol–water partition coefficient (Wildman–Crippen LogP) is 5.46. The van der Waals surface area contributed by atoms with E-state index in [1.54, 1.807) is 11.9 Å². The highest BCUT2D eigenvalue weighted by Crippen LogP contribution is 2.23. The highest BCUT2D eigenvalue weighted by Gasteiger charge is 2.28. The van der Waals surface area contributed by atoms with Crippen LogP contribution in [0.3, 0.4) is 0 Å². The van der Waals surface area contributed by atoms with Crippen LogP contribution in [0.5, 0.6) is 0 Å². The predicted molar refractivity (Wildman–Crippen MR) is 125 cm³/mol. The summed E-state index contributed by atoms with van der Waals surface area (Å²) in [5.74, 6) is -1.33. The van der Waals surface area contributed by atoms with E-state index < -0.39 is 5.92 Å². The molecule has 30 heavy (non-hydrogen) atoms. The number of anilines is 1. The van der Waals surface area contributed by atoms with E-state index in [4.69, 9.17) is 0 Å². The van der Waals surface area contributed by atoms with E-state index in [0.717, 1.165) is 48.9 Å². The molecule has 4 nitrogen and oxygen atoms in total. The van der Waals surface area contributed by atoms with Gasteiger partial charge in [-0.25, -0.2) is 0 Å². The van der Waals surface area contributed by atoms with E-state index in [0.29, 0.717) is 6.54 Å². The number of hydrogen-bond acceptors (Lipinski definition) is 2. The zero-order valence-electron chi connectivity index (χ0n) is 18.4. The first-order chi connectivity index (χ1) is 14.6. The van der Waals surface area contributed by atoms with Gasteiger partial charge in [-0.15, -0.1) is 0 Å². The van der Waals surface area contributed by atoms with Gasteiger partial charge in [-0.1, -0.05) is 87.7 Å². The first-order valence-electron chi connectivity index (χ1n) is 10.9. The second-order valence-electron chi connectivity index (χ2n) is 7.47. The Balaban J connectivity index is 2.26. The number of hydrogen-bond donors (Lipinski definition) is 1. The minimum absolute atomic E-state index is 0.228. The molecular formula is C26H34N2O2. The average Bonchev–Trinajstić information content (AvgIpc) is 2.80. The summed E-state index contributed by atoms with van der Waals surface area (Å²) in [5, 5.41) is 2.98. The summed E-state index contributed by atoms with van der Waals surface area (Å²) in [6, 6.07) is 19.4. The van der Waals surface area contributed by atoms with Crippen molar-refractivity contribution in [3.63, 3.8) is 0 Å². The molecular weight excluding hydrogens is 372 g/mol. The minimum atomic E-state index is -0.864. The van der Waals surface area contributed by atoms with Crippen LogP contribution in [0.15, 0.2) is 66.7 Å². The van der Waals surface area contributed by atoms with Crippen LogP contribution in [-0.2, 0) is 9.59 Å². The Morgan fingerprint density at radius 1 is 0.933 bits per heavy atom. The van der Waals surface area contributed by atoms with Crippen LogP contribution >= 0.6 is 0 Å². The fourth-order valence-electron chi connectivity index (χ4n) is 3.39. The molecule has 0 aromatic heterocycles. The summed E-state index contributed by atoms with van der Waals surface area (Å²) in [5.41, 5.74) is 2.81. The van der Waals surface area contributed by atoms with Gasteiger partial charge in [0.15, 0.2) is 0 Å². The largest absolute Gasteiger partial charge is 0.355 e. The van der Waals surface area contributed by atoms with Crippen molar-refractivity contribution in [1.82, 2.24) is 5.32 Å². The molecule has 2 aromatic carbocycles. The molecule has 1 N–H and O–H groups in total. The van der Waals surface area contributed by atoms with Gasteiger partial charge >= 0.3 is 0 Å². The molecule has 0 heterocycles. The Morgan fingerprint density at radius 3 is 2.17 bits per heavy atom. The molecule has 0 saturated heterocycles.